The molecule has 1 aromatic carbocycles. The summed E-state index contributed by atoms with van der Waals surface area (Å²) in [6.45, 7) is 0.0593. The molecule has 0 heterocycles. The summed E-state index contributed by atoms with van der Waals surface area (Å²) in [6, 6.07) is 6.01. The molecule has 7 heteroatoms. The van der Waals surface area contributed by atoms with Crippen molar-refractivity contribution in [2.75, 3.05) is 26.4 Å². The van der Waals surface area contributed by atoms with Crippen LogP contribution in [0.2, 0.25) is 0 Å². The predicted octanol–water partition coefficient (Wildman–Crippen LogP) is 0.452. The van der Waals surface area contributed by atoms with Gasteiger partial charge in [0.1, 0.15) is 0 Å². The molecule has 6 nitrogen and oxygen atoms in total. The van der Waals surface area contributed by atoms with Gasteiger partial charge in [0.05, 0.1) is 18.4 Å². The average Bonchev–Trinajstić information content (AvgIpc) is 2.35. The SMILES string of the molecule is COC(=O)CCN(C)S(=O)(=O)c1cccc(N)c1. The molecule has 100 valence electrons. The van der Waals surface area contributed by atoms with Gasteiger partial charge in [0, 0.05) is 19.3 Å². The van der Waals surface area contributed by atoms with Crippen LogP contribution < -0.4 is 5.73 Å². The molecule has 0 aliphatic rings. The molecule has 0 radical (unpaired) electrons. The van der Waals surface area contributed by atoms with Crippen LogP contribution in [0.5, 0.6) is 0 Å². The zero-order valence-corrected chi connectivity index (χ0v) is 11.1. The monoisotopic (exact) mass is 272 g/mol. The molecular weight excluding hydrogens is 256 g/mol. The third kappa shape index (κ3) is 3.44. The van der Waals surface area contributed by atoms with Gasteiger partial charge in [-0.05, 0) is 18.2 Å². The molecule has 0 atom stereocenters. The van der Waals surface area contributed by atoms with E-state index in [2.05, 4.69) is 4.74 Å². The smallest absolute Gasteiger partial charge is 0.306 e. The number of esters is 1. The van der Waals surface area contributed by atoms with E-state index in [1.807, 2.05) is 0 Å². The summed E-state index contributed by atoms with van der Waals surface area (Å²) in [5.74, 6) is -0.454. The van der Waals surface area contributed by atoms with Gasteiger partial charge in [0.25, 0.3) is 0 Å². The largest absolute Gasteiger partial charge is 0.469 e. The average molecular weight is 272 g/mol. The molecule has 0 spiro atoms. The van der Waals surface area contributed by atoms with E-state index in [-0.39, 0.29) is 17.9 Å². The molecule has 0 aliphatic carbocycles. The molecule has 0 bridgehead atoms. The standard InChI is InChI=1S/C11H16N2O4S/c1-13(7-6-11(14)17-2)18(15,16)10-5-3-4-9(12)8-10/h3-5,8H,6-7,12H2,1-2H3. The number of nitrogen functional groups attached to an aromatic ring is 1. The number of hydrogen-bond donors (Lipinski definition) is 1. The van der Waals surface area contributed by atoms with E-state index in [9.17, 15) is 13.2 Å². The number of nitrogens with zero attached hydrogens (tertiary/aromatic N) is 1. The van der Waals surface area contributed by atoms with Gasteiger partial charge in [0.15, 0.2) is 0 Å². The van der Waals surface area contributed by atoms with Crippen molar-refractivity contribution in [2.45, 2.75) is 11.3 Å². The number of benzene rings is 1. The van der Waals surface area contributed by atoms with Crippen molar-refractivity contribution >= 4 is 21.7 Å². The number of methoxy groups -OCH3 is 1. The van der Waals surface area contributed by atoms with Gasteiger partial charge in [-0.1, -0.05) is 6.07 Å². The van der Waals surface area contributed by atoms with Crippen molar-refractivity contribution in [3.63, 3.8) is 0 Å². The van der Waals surface area contributed by atoms with Gasteiger partial charge in [-0.3, -0.25) is 4.79 Å². The molecule has 0 aliphatic heterocycles. The van der Waals surface area contributed by atoms with E-state index in [0.717, 1.165) is 4.31 Å². The highest BCUT2D eigenvalue weighted by atomic mass is 32.2. The van der Waals surface area contributed by atoms with Crippen molar-refractivity contribution in [1.82, 2.24) is 4.31 Å². The highest BCUT2D eigenvalue weighted by Crippen LogP contribution is 2.17. The first-order valence-corrected chi connectivity index (χ1v) is 6.70. The summed E-state index contributed by atoms with van der Waals surface area (Å²) in [5, 5.41) is 0. The van der Waals surface area contributed by atoms with Crippen LogP contribution in [0.15, 0.2) is 29.2 Å². The minimum absolute atomic E-state index is 0.00848. The van der Waals surface area contributed by atoms with E-state index in [1.165, 1.54) is 26.3 Å². The Morgan fingerprint density at radius 2 is 2.11 bits per heavy atom. The highest BCUT2D eigenvalue weighted by Gasteiger charge is 2.21. The second kappa shape index (κ2) is 5.83. The number of anilines is 1. The summed E-state index contributed by atoms with van der Waals surface area (Å²) >= 11 is 0. The van der Waals surface area contributed by atoms with E-state index >= 15 is 0 Å². The van der Waals surface area contributed by atoms with Gasteiger partial charge in [-0.2, -0.15) is 0 Å². The first kappa shape index (κ1) is 14.5. The summed E-state index contributed by atoms with van der Waals surface area (Å²) < 4.78 is 29.8. The van der Waals surface area contributed by atoms with Crippen LogP contribution in [-0.4, -0.2) is 39.4 Å². The molecule has 0 unspecified atom stereocenters. The van der Waals surface area contributed by atoms with Gasteiger partial charge in [0.2, 0.25) is 10.0 Å². The lowest BCUT2D eigenvalue weighted by Gasteiger charge is -2.16. The molecule has 1 rings (SSSR count). The number of rotatable bonds is 5. The number of carbonyl (C=O) groups is 1. The van der Waals surface area contributed by atoms with Crippen LogP contribution in [0.3, 0.4) is 0 Å². The Morgan fingerprint density at radius 1 is 1.44 bits per heavy atom. The maximum Gasteiger partial charge on any atom is 0.306 e. The third-order valence-electron chi connectivity index (χ3n) is 2.42. The minimum atomic E-state index is -3.62. The lowest BCUT2D eigenvalue weighted by Crippen LogP contribution is -2.29. The molecule has 0 fully saturated rings. The highest BCUT2D eigenvalue weighted by molar-refractivity contribution is 7.89. The Kier molecular flexibility index (Phi) is 4.69. The Bertz CT molecular complexity index is 528. The van der Waals surface area contributed by atoms with Crippen LogP contribution in [0.1, 0.15) is 6.42 Å². The van der Waals surface area contributed by atoms with E-state index in [1.54, 1.807) is 12.1 Å². The van der Waals surface area contributed by atoms with Crippen LogP contribution in [0.4, 0.5) is 5.69 Å². The van der Waals surface area contributed by atoms with Crippen molar-refractivity contribution < 1.29 is 17.9 Å². The zero-order valence-electron chi connectivity index (χ0n) is 10.3. The third-order valence-corrected chi connectivity index (χ3v) is 4.28. The van der Waals surface area contributed by atoms with Gasteiger partial charge < -0.3 is 10.5 Å². The molecule has 0 aromatic heterocycles. The van der Waals surface area contributed by atoms with Crippen LogP contribution >= 0.6 is 0 Å². The Balaban J connectivity index is 2.83. The number of sulfonamides is 1. The van der Waals surface area contributed by atoms with Crippen LogP contribution in [-0.2, 0) is 19.6 Å². The first-order chi connectivity index (χ1) is 8.37. The number of carbonyl (C=O) groups excluding carboxylic acids is 1. The lowest BCUT2D eigenvalue weighted by atomic mass is 10.3. The summed E-state index contributed by atoms with van der Waals surface area (Å²) in [5.41, 5.74) is 5.91. The van der Waals surface area contributed by atoms with Crippen LogP contribution in [0.25, 0.3) is 0 Å². The predicted molar refractivity (Wildman–Crippen MR) is 67.3 cm³/mol. The fourth-order valence-electron chi connectivity index (χ4n) is 1.33. The van der Waals surface area contributed by atoms with Gasteiger partial charge >= 0.3 is 5.97 Å². The van der Waals surface area contributed by atoms with Crippen molar-refractivity contribution in [1.29, 1.82) is 0 Å². The molecule has 0 amide bonds. The Hall–Kier alpha value is -1.60. The fraction of sp³-hybridized carbons (Fsp3) is 0.364. The second-order valence-corrected chi connectivity index (χ2v) is 5.77. The molecular formula is C11H16N2O4S. The molecule has 0 saturated heterocycles. The lowest BCUT2D eigenvalue weighted by molar-refractivity contribution is -0.140. The number of nitrogens with two attached hydrogens (primary N) is 1. The maximum atomic E-state index is 12.1. The van der Waals surface area contributed by atoms with E-state index in [4.69, 9.17) is 5.73 Å². The minimum Gasteiger partial charge on any atom is -0.469 e. The normalized spacial score (nSPS) is 11.5. The molecule has 18 heavy (non-hydrogen) atoms. The topological polar surface area (TPSA) is 89.7 Å². The van der Waals surface area contributed by atoms with Crippen molar-refractivity contribution in [3.05, 3.63) is 24.3 Å². The second-order valence-electron chi connectivity index (χ2n) is 3.73. The van der Waals surface area contributed by atoms with Crippen molar-refractivity contribution in [3.8, 4) is 0 Å². The Morgan fingerprint density at radius 3 is 2.67 bits per heavy atom. The molecule has 1 aromatic rings. The number of ether oxygens (including phenoxy) is 1. The maximum absolute atomic E-state index is 12.1. The zero-order chi connectivity index (χ0) is 13.8. The van der Waals surface area contributed by atoms with E-state index < -0.39 is 16.0 Å². The quantitative estimate of drug-likeness (QED) is 0.621. The molecule has 2 N–H and O–H groups in total. The van der Waals surface area contributed by atoms with Gasteiger partial charge in [-0.15, -0.1) is 0 Å². The summed E-state index contributed by atoms with van der Waals surface area (Å²) in [4.78, 5) is 11.1. The van der Waals surface area contributed by atoms with Gasteiger partial charge in [-0.25, -0.2) is 12.7 Å². The summed E-state index contributed by atoms with van der Waals surface area (Å²) in [7, 11) is -0.957. The number of hydrogen-bond acceptors (Lipinski definition) is 5. The summed E-state index contributed by atoms with van der Waals surface area (Å²) in [6.07, 6.45) is 0.00848. The van der Waals surface area contributed by atoms with Crippen LogP contribution in [0, 0.1) is 0 Å². The Labute approximate surface area is 106 Å². The van der Waals surface area contributed by atoms with E-state index in [0.29, 0.717) is 5.69 Å². The fourth-order valence-corrected chi connectivity index (χ4v) is 2.55. The molecule has 0 saturated carbocycles. The van der Waals surface area contributed by atoms with Crippen molar-refractivity contribution in [2.24, 2.45) is 0 Å². The first-order valence-electron chi connectivity index (χ1n) is 5.26.